The fourth-order valence-corrected chi connectivity index (χ4v) is 4.14. The highest BCUT2D eigenvalue weighted by Gasteiger charge is 2.19. The summed E-state index contributed by atoms with van der Waals surface area (Å²) in [4.78, 5) is 13.5. The Labute approximate surface area is 125 Å². The highest BCUT2D eigenvalue weighted by Crippen LogP contribution is 2.24. The normalized spacial score (nSPS) is 15.8. The van der Waals surface area contributed by atoms with E-state index >= 15 is 0 Å². The van der Waals surface area contributed by atoms with E-state index in [0.29, 0.717) is 0 Å². The van der Waals surface area contributed by atoms with Crippen molar-refractivity contribution >= 4 is 11.3 Å². The molecule has 0 spiro atoms. The summed E-state index contributed by atoms with van der Waals surface area (Å²) >= 11 is 1.97. The van der Waals surface area contributed by atoms with E-state index < -0.39 is 0 Å². The molecule has 1 aliphatic heterocycles. The predicted octanol–water partition coefficient (Wildman–Crippen LogP) is 3.54. The van der Waals surface area contributed by atoms with Crippen LogP contribution in [0.3, 0.4) is 0 Å². The summed E-state index contributed by atoms with van der Waals surface area (Å²) in [5, 5.41) is 0. The minimum atomic E-state index is 0.743. The van der Waals surface area contributed by atoms with Crippen molar-refractivity contribution in [1.82, 2.24) is 14.9 Å². The minimum Gasteiger partial charge on any atom is -0.345 e. The van der Waals surface area contributed by atoms with Crippen molar-refractivity contribution in [2.24, 2.45) is 5.92 Å². The SMILES string of the molecule is Cc1nc2c([nH]1)CN(Cc1ccc(CC(C)C)s1)CC2. The Kier molecular flexibility index (Phi) is 3.94. The number of aromatic nitrogens is 2. The van der Waals surface area contributed by atoms with Crippen LogP contribution in [0, 0.1) is 12.8 Å². The van der Waals surface area contributed by atoms with Crippen LogP contribution in [-0.4, -0.2) is 21.4 Å². The lowest BCUT2D eigenvalue weighted by Crippen LogP contribution is -2.29. The van der Waals surface area contributed by atoms with Crippen molar-refractivity contribution in [3.63, 3.8) is 0 Å². The van der Waals surface area contributed by atoms with Crippen LogP contribution in [-0.2, 0) is 25.9 Å². The zero-order valence-electron chi connectivity index (χ0n) is 12.6. The Balaban J connectivity index is 1.63. The van der Waals surface area contributed by atoms with E-state index in [-0.39, 0.29) is 0 Å². The van der Waals surface area contributed by atoms with Crippen molar-refractivity contribution in [3.05, 3.63) is 39.1 Å². The number of nitrogens with zero attached hydrogens (tertiary/aromatic N) is 2. The molecule has 0 fully saturated rings. The summed E-state index contributed by atoms with van der Waals surface area (Å²) < 4.78 is 0. The summed E-state index contributed by atoms with van der Waals surface area (Å²) in [6.07, 6.45) is 2.28. The lowest BCUT2D eigenvalue weighted by Gasteiger charge is -2.25. The number of imidazole rings is 1. The van der Waals surface area contributed by atoms with Gasteiger partial charge >= 0.3 is 0 Å². The van der Waals surface area contributed by atoms with Crippen molar-refractivity contribution in [1.29, 1.82) is 0 Å². The zero-order valence-corrected chi connectivity index (χ0v) is 13.4. The molecule has 0 aliphatic carbocycles. The van der Waals surface area contributed by atoms with Crippen molar-refractivity contribution in [2.45, 2.75) is 46.7 Å². The van der Waals surface area contributed by atoms with Gasteiger partial charge in [-0.05, 0) is 31.4 Å². The molecule has 2 aromatic rings. The van der Waals surface area contributed by atoms with Crippen molar-refractivity contribution in [3.8, 4) is 0 Å². The van der Waals surface area contributed by atoms with Crippen LogP contribution >= 0.6 is 11.3 Å². The van der Waals surface area contributed by atoms with Gasteiger partial charge in [0.2, 0.25) is 0 Å². The molecule has 0 saturated carbocycles. The Morgan fingerprint density at radius 1 is 1.35 bits per heavy atom. The maximum absolute atomic E-state index is 4.55. The van der Waals surface area contributed by atoms with Crippen molar-refractivity contribution in [2.75, 3.05) is 6.54 Å². The molecule has 0 aromatic carbocycles. The summed E-state index contributed by atoms with van der Waals surface area (Å²) in [6.45, 7) is 9.81. The first kappa shape index (κ1) is 13.8. The maximum Gasteiger partial charge on any atom is 0.103 e. The molecule has 108 valence electrons. The molecule has 4 heteroatoms. The number of thiophene rings is 1. The van der Waals surface area contributed by atoms with Crippen LogP contribution in [0.25, 0.3) is 0 Å². The number of hydrogen-bond donors (Lipinski definition) is 1. The first-order chi connectivity index (χ1) is 9.60. The van der Waals surface area contributed by atoms with Gasteiger partial charge in [0.05, 0.1) is 11.4 Å². The number of rotatable bonds is 4. The summed E-state index contributed by atoms with van der Waals surface area (Å²) in [6, 6.07) is 4.60. The van der Waals surface area contributed by atoms with Gasteiger partial charge < -0.3 is 4.98 Å². The standard InChI is InChI=1S/C16H23N3S/c1-11(2)8-13-4-5-14(20-13)9-19-7-6-15-16(10-19)18-12(3)17-15/h4-5,11H,6-10H2,1-3H3,(H,17,18). The third kappa shape index (κ3) is 3.13. The Morgan fingerprint density at radius 3 is 2.95 bits per heavy atom. The quantitative estimate of drug-likeness (QED) is 0.933. The van der Waals surface area contributed by atoms with Crippen LogP contribution in [0.2, 0.25) is 0 Å². The summed E-state index contributed by atoms with van der Waals surface area (Å²) in [7, 11) is 0. The predicted molar refractivity (Wildman–Crippen MR) is 84.0 cm³/mol. The second-order valence-corrected chi connectivity index (χ2v) is 7.43. The molecule has 0 unspecified atom stereocenters. The smallest absolute Gasteiger partial charge is 0.103 e. The summed E-state index contributed by atoms with van der Waals surface area (Å²) in [5.74, 6) is 1.79. The van der Waals surface area contributed by atoms with Gasteiger partial charge in [-0.2, -0.15) is 0 Å². The third-order valence-electron chi connectivity index (χ3n) is 3.74. The Morgan fingerprint density at radius 2 is 2.15 bits per heavy atom. The molecule has 0 amide bonds. The summed E-state index contributed by atoms with van der Waals surface area (Å²) in [5.41, 5.74) is 2.58. The number of aromatic amines is 1. The molecule has 1 N–H and O–H groups in total. The number of aryl methyl sites for hydroxylation is 1. The molecule has 2 aromatic heterocycles. The molecule has 3 nitrogen and oxygen atoms in total. The molecule has 0 saturated heterocycles. The highest BCUT2D eigenvalue weighted by molar-refractivity contribution is 7.11. The van der Waals surface area contributed by atoms with Gasteiger partial charge in [0.25, 0.3) is 0 Å². The van der Waals surface area contributed by atoms with Crippen LogP contribution in [0.4, 0.5) is 0 Å². The van der Waals surface area contributed by atoms with Gasteiger partial charge in [0, 0.05) is 35.8 Å². The molecule has 0 radical (unpaired) electrons. The first-order valence-electron chi connectivity index (χ1n) is 7.44. The minimum absolute atomic E-state index is 0.743. The third-order valence-corrected chi connectivity index (χ3v) is 4.83. The highest BCUT2D eigenvalue weighted by atomic mass is 32.1. The molecular weight excluding hydrogens is 266 g/mol. The lowest BCUT2D eigenvalue weighted by atomic mass is 10.1. The largest absolute Gasteiger partial charge is 0.345 e. The van der Waals surface area contributed by atoms with Crippen molar-refractivity contribution < 1.29 is 0 Å². The molecular formula is C16H23N3S. The second-order valence-electron chi connectivity index (χ2n) is 6.17. The maximum atomic E-state index is 4.55. The van der Waals surface area contributed by atoms with E-state index in [0.717, 1.165) is 37.8 Å². The van der Waals surface area contributed by atoms with Crippen LogP contribution in [0.5, 0.6) is 0 Å². The number of fused-ring (bicyclic) bond motifs is 1. The average molecular weight is 289 g/mol. The van der Waals surface area contributed by atoms with Gasteiger partial charge in [0.15, 0.2) is 0 Å². The topological polar surface area (TPSA) is 31.9 Å². The first-order valence-corrected chi connectivity index (χ1v) is 8.26. The number of hydrogen-bond acceptors (Lipinski definition) is 3. The molecule has 3 rings (SSSR count). The van der Waals surface area contributed by atoms with E-state index in [1.807, 2.05) is 18.3 Å². The molecule has 3 heterocycles. The van der Waals surface area contributed by atoms with Gasteiger partial charge in [-0.1, -0.05) is 13.8 Å². The monoisotopic (exact) mass is 289 g/mol. The average Bonchev–Trinajstić information content (AvgIpc) is 2.93. The Bertz CT molecular complexity index is 582. The molecule has 1 aliphatic rings. The van der Waals surface area contributed by atoms with E-state index in [9.17, 15) is 0 Å². The zero-order chi connectivity index (χ0) is 14.1. The number of nitrogens with one attached hydrogen (secondary N) is 1. The van der Waals surface area contributed by atoms with E-state index in [1.54, 1.807) is 0 Å². The van der Waals surface area contributed by atoms with Gasteiger partial charge in [0.1, 0.15) is 5.82 Å². The second kappa shape index (κ2) is 5.70. The van der Waals surface area contributed by atoms with E-state index in [2.05, 4.69) is 40.8 Å². The fourth-order valence-electron chi connectivity index (χ4n) is 2.87. The van der Waals surface area contributed by atoms with Gasteiger partial charge in [-0.15, -0.1) is 11.3 Å². The van der Waals surface area contributed by atoms with E-state index in [1.165, 1.54) is 27.6 Å². The van der Waals surface area contributed by atoms with Crippen LogP contribution in [0.1, 0.15) is 40.8 Å². The molecule has 0 bridgehead atoms. The van der Waals surface area contributed by atoms with Crippen LogP contribution in [0.15, 0.2) is 12.1 Å². The van der Waals surface area contributed by atoms with Crippen LogP contribution < -0.4 is 0 Å². The van der Waals surface area contributed by atoms with Gasteiger partial charge in [-0.3, -0.25) is 4.90 Å². The molecule has 20 heavy (non-hydrogen) atoms. The Hall–Kier alpha value is -1.13. The van der Waals surface area contributed by atoms with Gasteiger partial charge in [-0.25, -0.2) is 4.98 Å². The fraction of sp³-hybridized carbons (Fsp3) is 0.562. The van der Waals surface area contributed by atoms with E-state index in [4.69, 9.17) is 0 Å². The number of H-pyrrole nitrogens is 1. The molecule has 0 atom stereocenters. The lowest BCUT2D eigenvalue weighted by molar-refractivity contribution is 0.243.